The molecule has 0 spiro atoms. The molecule has 1 heterocycles. The number of pyridine rings is 1. The van der Waals surface area contributed by atoms with Gasteiger partial charge in [-0.2, -0.15) is 0 Å². The molecule has 0 saturated carbocycles. The van der Waals surface area contributed by atoms with Crippen molar-refractivity contribution < 1.29 is 4.79 Å². The molecule has 0 aromatic carbocycles. The normalized spacial score (nSPS) is 10.3. The number of carbonyl (C=O) groups is 1. The monoisotopic (exact) mass is 309 g/mol. The Hall–Kier alpha value is -0.710. The largest absolute Gasteiger partial charge is 0.355 e. The van der Waals surface area contributed by atoms with Crippen molar-refractivity contribution in [3.8, 4) is 0 Å². The van der Waals surface area contributed by atoms with E-state index in [0.717, 1.165) is 0 Å². The van der Waals surface area contributed by atoms with Gasteiger partial charge in [0.25, 0.3) is 0 Å². The summed E-state index contributed by atoms with van der Waals surface area (Å²) in [5, 5.41) is 3.55. The van der Waals surface area contributed by atoms with Gasteiger partial charge in [-0.05, 0) is 19.9 Å². The second kappa shape index (κ2) is 7.02. The summed E-state index contributed by atoms with van der Waals surface area (Å²) >= 11 is 17.7. The fraction of sp³-hybridized carbons (Fsp3) is 0.455. The fourth-order valence-corrected chi connectivity index (χ4v) is 2.03. The Balaban J connectivity index is 2.95. The summed E-state index contributed by atoms with van der Waals surface area (Å²) in [6.07, 6.45) is 0. The summed E-state index contributed by atoms with van der Waals surface area (Å²) in [5.41, 5.74) is 0. The van der Waals surface area contributed by atoms with Crippen molar-refractivity contribution in [2.75, 3.05) is 24.5 Å². The quantitative estimate of drug-likeness (QED) is 0.850. The molecule has 0 aliphatic heterocycles. The lowest BCUT2D eigenvalue weighted by molar-refractivity contribution is -0.119. The van der Waals surface area contributed by atoms with Crippen molar-refractivity contribution in [1.29, 1.82) is 0 Å². The summed E-state index contributed by atoms with van der Waals surface area (Å²) in [5.74, 6) is 0.364. The van der Waals surface area contributed by atoms with Crippen LogP contribution in [0.15, 0.2) is 6.07 Å². The highest BCUT2D eigenvalue weighted by Crippen LogP contribution is 2.30. The number of hydrogen-bond donors (Lipinski definition) is 1. The van der Waals surface area contributed by atoms with Crippen LogP contribution in [0.3, 0.4) is 0 Å². The van der Waals surface area contributed by atoms with Gasteiger partial charge in [0.05, 0.1) is 16.6 Å². The molecule has 0 unspecified atom stereocenters. The van der Waals surface area contributed by atoms with Crippen LogP contribution in [0.1, 0.15) is 13.8 Å². The first-order chi connectivity index (χ1) is 8.49. The molecule has 0 aliphatic rings. The van der Waals surface area contributed by atoms with E-state index in [-0.39, 0.29) is 17.6 Å². The zero-order chi connectivity index (χ0) is 13.7. The molecule has 0 radical (unpaired) electrons. The van der Waals surface area contributed by atoms with Crippen LogP contribution in [-0.4, -0.2) is 30.5 Å². The average Bonchev–Trinajstić information content (AvgIpc) is 2.31. The molecule has 0 aliphatic carbocycles. The van der Waals surface area contributed by atoms with Crippen molar-refractivity contribution in [1.82, 2.24) is 10.3 Å². The molecule has 18 heavy (non-hydrogen) atoms. The number of halogens is 3. The van der Waals surface area contributed by atoms with Gasteiger partial charge in [0.1, 0.15) is 11.0 Å². The van der Waals surface area contributed by atoms with E-state index >= 15 is 0 Å². The third-order valence-electron chi connectivity index (χ3n) is 2.26. The SMILES string of the molecule is CCNC(=O)CN(CC)c1nc(Cl)c(Cl)cc1Cl. The van der Waals surface area contributed by atoms with Gasteiger partial charge in [0.2, 0.25) is 5.91 Å². The number of anilines is 1. The zero-order valence-electron chi connectivity index (χ0n) is 10.1. The Morgan fingerprint density at radius 2 is 2.00 bits per heavy atom. The van der Waals surface area contributed by atoms with Crippen LogP contribution in [0.2, 0.25) is 15.2 Å². The van der Waals surface area contributed by atoms with Crippen LogP contribution in [0.25, 0.3) is 0 Å². The van der Waals surface area contributed by atoms with E-state index in [1.807, 2.05) is 13.8 Å². The summed E-state index contributed by atoms with van der Waals surface area (Å²) in [7, 11) is 0. The number of carbonyl (C=O) groups excluding carboxylic acids is 1. The van der Waals surface area contributed by atoms with Gasteiger partial charge in [0, 0.05) is 13.1 Å². The van der Waals surface area contributed by atoms with E-state index in [1.54, 1.807) is 4.90 Å². The maximum absolute atomic E-state index is 11.6. The van der Waals surface area contributed by atoms with Gasteiger partial charge < -0.3 is 10.2 Å². The molecular weight excluding hydrogens is 296 g/mol. The lowest BCUT2D eigenvalue weighted by Gasteiger charge is -2.22. The van der Waals surface area contributed by atoms with E-state index in [2.05, 4.69) is 10.3 Å². The Morgan fingerprint density at radius 1 is 1.33 bits per heavy atom. The minimum Gasteiger partial charge on any atom is -0.355 e. The van der Waals surface area contributed by atoms with Crippen LogP contribution >= 0.6 is 34.8 Å². The summed E-state index contributed by atoms with van der Waals surface area (Å²) in [6.45, 7) is 5.11. The van der Waals surface area contributed by atoms with Crippen molar-refractivity contribution >= 4 is 46.5 Å². The van der Waals surface area contributed by atoms with E-state index in [4.69, 9.17) is 34.8 Å². The van der Waals surface area contributed by atoms with Crippen molar-refractivity contribution in [2.45, 2.75) is 13.8 Å². The van der Waals surface area contributed by atoms with Crippen LogP contribution in [0.4, 0.5) is 5.82 Å². The topological polar surface area (TPSA) is 45.2 Å². The average molecular weight is 311 g/mol. The Labute approximate surface area is 121 Å². The third-order valence-corrected chi connectivity index (χ3v) is 3.21. The Morgan fingerprint density at radius 3 is 2.56 bits per heavy atom. The lowest BCUT2D eigenvalue weighted by Crippen LogP contribution is -2.37. The first-order valence-electron chi connectivity index (χ1n) is 5.52. The lowest BCUT2D eigenvalue weighted by atomic mass is 10.4. The molecule has 4 nitrogen and oxygen atoms in total. The molecule has 1 amide bonds. The second-order valence-corrected chi connectivity index (χ2v) is 4.71. The highest BCUT2D eigenvalue weighted by Gasteiger charge is 2.16. The van der Waals surface area contributed by atoms with Crippen molar-refractivity contribution in [2.24, 2.45) is 0 Å². The number of rotatable bonds is 5. The predicted molar refractivity (Wildman–Crippen MR) is 75.8 cm³/mol. The molecule has 1 aromatic heterocycles. The number of amides is 1. The highest BCUT2D eigenvalue weighted by molar-refractivity contribution is 6.42. The number of hydrogen-bond acceptors (Lipinski definition) is 3. The minimum absolute atomic E-state index is 0.0942. The first-order valence-corrected chi connectivity index (χ1v) is 6.66. The summed E-state index contributed by atoms with van der Waals surface area (Å²) in [6, 6.07) is 1.52. The summed E-state index contributed by atoms with van der Waals surface area (Å²) in [4.78, 5) is 17.4. The third kappa shape index (κ3) is 3.90. The molecule has 1 N–H and O–H groups in total. The van der Waals surface area contributed by atoms with Gasteiger partial charge in [-0.1, -0.05) is 34.8 Å². The molecule has 1 aromatic rings. The van der Waals surface area contributed by atoms with Gasteiger partial charge in [-0.15, -0.1) is 0 Å². The van der Waals surface area contributed by atoms with Crippen LogP contribution in [0, 0.1) is 0 Å². The summed E-state index contributed by atoms with van der Waals surface area (Å²) < 4.78 is 0. The number of nitrogens with one attached hydrogen (secondary N) is 1. The second-order valence-electron chi connectivity index (χ2n) is 3.53. The van der Waals surface area contributed by atoms with E-state index in [1.165, 1.54) is 6.07 Å². The smallest absolute Gasteiger partial charge is 0.239 e. The Kier molecular flexibility index (Phi) is 5.99. The number of nitrogens with zero attached hydrogens (tertiary/aromatic N) is 2. The molecular formula is C11H14Cl3N3O. The number of aromatic nitrogens is 1. The zero-order valence-corrected chi connectivity index (χ0v) is 12.4. The Bertz CT molecular complexity index is 440. The molecule has 0 atom stereocenters. The first kappa shape index (κ1) is 15.3. The maximum atomic E-state index is 11.6. The number of likely N-dealkylation sites (N-methyl/N-ethyl adjacent to an activating group) is 2. The van der Waals surface area contributed by atoms with Crippen molar-refractivity contribution in [3.05, 3.63) is 21.3 Å². The fourth-order valence-electron chi connectivity index (χ4n) is 1.42. The van der Waals surface area contributed by atoms with E-state index in [0.29, 0.717) is 29.0 Å². The van der Waals surface area contributed by atoms with E-state index < -0.39 is 0 Å². The molecule has 0 bridgehead atoms. The molecule has 100 valence electrons. The maximum Gasteiger partial charge on any atom is 0.239 e. The highest BCUT2D eigenvalue weighted by atomic mass is 35.5. The van der Waals surface area contributed by atoms with Gasteiger partial charge in [-0.25, -0.2) is 4.98 Å². The van der Waals surface area contributed by atoms with E-state index in [9.17, 15) is 4.79 Å². The van der Waals surface area contributed by atoms with Crippen molar-refractivity contribution in [3.63, 3.8) is 0 Å². The standard InChI is InChI=1S/C11H14Cl3N3O/c1-3-15-9(18)6-17(4-2)11-8(13)5-7(12)10(14)16-11/h5H,3-4,6H2,1-2H3,(H,15,18). The van der Waals surface area contributed by atoms with Gasteiger partial charge >= 0.3 is 0 Å². The molecule has 0 saturated heterocycles. The van der Waals surface area contributed by atoms with Crippen LogP contribution in [0.5, 0.6) is 0 Å². The van der Waals surface area contributed by atoms with Gasteiger partial charge in [-0.3, -0.25) is 4.79 Å². The molecule has 0 fully saturated rings. The van der Waals surface area contributed by atoms with Crippen LogP contribution < -0.4 is 10.2 Å². The predicted octanol–water partition coefficient (Wildman–Crippen LogP) is 3.00. The van der Waals surface area contributed by atoms with Gasteiger partial charge in [0.15, 0.2) is 0 Å². The molecule has 7 heteroatoms. The molecule has 1 rings (SSSR count). The van der Waals surface area contributed by atoms with Crippen LogP contribution in [-0.2, 0) is 4.79 Å². The minimum atomic E-state index is -0.0942.